The highest BCUT2D eigenvalue weighted by Crippen LogP contribution is 2.13. The third-order valence-electron chi connectivity index (χ3n) is 1.52. The Kier molecular flexibility index (Phi) is 3.92. The molecule has 7 heteroatoms. The fourth-order valence-electron chi connectivity index (χ4n) is 0.948. The minimum atomic E-state index is -3.54. The predicted molar refractivity (Wildman–Crippen MR) is 58.0 cm³/mol. The summed E-state index contributed by atoms with van der Waals surface area (Å²) in [5.41, 5.74) is 0. The first-order valence-electron chi connectivity index (χ1n) is 4.25. The number of rotatable bonds is 4. The van der Waals surface area contributed by atoms with Gasteiger partial charge in [-0.2, -0.15) is 0 Å². The summed E-state index contributed by atoms with van der Waals surface area (Å²) in [5, 5.41) is 0. The molecule has 0 saturated heterocycles. The molecule has 1 rings (SSSR count). The molecule has 1 amide bonds. The summed E-state index contributed by atoms with van der Waals surface area (Å²) in [6, 6.07) is 2.90. The van der Waals surface area contributed by atoms with Gasteiger partial charge in [-0.3, -0.25) is 4.79 Å². The molecule has 0 spiro atoms. The molecule has 0 aliphatic heterocycles. The Labute approximate surface area is 96.0 Å². The van der Waals surface area contributed by atoms with Crippen LogP contribution in [0.15, 0.2) is 21.2 Å². The molecule has 1 aromatic heterocycles. The van der Waals surface area contributed by atoms with E-state index in [1.165, 1.54) is 12.1 Å². The van der Waals surface area contributed by atoms with Crippen molar-refractivity contribution in [2.75, 3.05) is 5.75 Å². The van der Waals surface area contributed by atoms with Crippen LogP contribution in [0.25, 0.3) is 0 Å². The SMILES string of the molecule is CCCS(=O)(=O)NC(=O)c1ccc(Br)o1. The van der Waals surface area contributed by atoms with E-state index in [2.05, 4.69) is 15.9 Å². The van der Waals surface area contributed by atoms with Crippen LogP contribution in [0, 0.1) is 0 Å². The normalized spacial score (nSPS) is 11.3. The zero-order valence-electron chi connectivity index (χ0n) is 7.99. The van der Waals surface area contributed by atoms with Gasteiger partial charge in [-0.15, -0.1) is 0 Å². The van der Waals surface area contributed by atoms with Crippen LogP contribution in [0.1, 0.15) is 23.9 Å². The van der Waals surface area contributed by atoms with E-state index in [0.29, 0.717) is 11.1 Å². The van der Waals surface area contributed by atoms with E-state index in [0.717, 1.165) is 0 Å². The average molecular weight is 296 g/mol. The minimum absolute atomic E-state index is 0.0402. The summed E-state index contributed by atoms with van der Waals surface area (Å²) in [6.07, 6.45) is 0.449. The van der Waals surface area contributed by atoms with Crippen molar-refractivity contribution < 1.29 is 17.6 Å². The number of halogens is 1. The number of hydrogen-bond donors (Lipinski definition) is 1. The van der Waals surface area contributed by atoms with Gasteiger partial charge in [-0.1, -0.05) is 6.92 Å². The van der Waals surface area contributed by atoms with Gasteiger partial charge in [0.2, 0.25) is 10.0 Å². The van der Waals surface area contributed by atoms with Gasteiger partial charge < -0.3 is 4.42 Å². The van der Waals surface area contributed by atoms with Crippen molar-refractivity contribution in [2.45, 2.75) is 13.3 Å². The van der Waals surface area contributed by atoms with Crippen molar-refractivity contribution in [2.24, 2.45) is 0 Å². The van der Waals surface area contributed by atoms with Crippen molar-refractivity contribution in [1.29, 1.82) is 0 Å². The molecule has 0 saturated carbocycles. The predicted octanol–water partition coefficient (Wildman–Crippen LogP) is 1.51. The smallest absolute Gasteiger partial charge is 0.300 e. The quantitative estimate of drug-likeness (QED) is 0.913. The highest BCUT2D eigenvalue weighted by Gasteiger charge is 2.17. The molecule has 0 unspecified atom stereocenters. The van der Waals surface area contributed by atoms with Crippen molar-refractivity contribution in [3.63, 3.8) is 0 Å². The Bertz CT molecular complexity index is 451. The second-order valence-corrected chi connectivity index (χ2v) is 5.48. The molecule has 0 bridgehead atoms. The Balaban J connectivity index is 2.72. The molecular formula is C8H10BrNO4S. The molecular weight excluding hydrogens is 286 g/mol. The number of sulfonamides is 1. The molecule has 84 valence electrons. The molecule has 1 heterocycles. The molecule has 0 fully saturated rings. The Morgan fingerprint density at radius 1 is 1.53 bits per heavy atom. The van der Waals surface area contributed by atoms with Crippen LogP contribution in [0.4, 0.5) is 0 Å². The van der Waals surface area contributed by atoms with E-state index in [4.69, 9.17) is 4.42 Å². The lowest BCUT2D eigenvalue weighted by atomic mass is 10.4. The summed E-state index contributed by atoms with van der Waals surface area (Å²) in [7, 11) is -3.54. The Morgan fingerprint density at radius 3 is 2.67 bits per heavy atom. The molecule has 0 aliphatic rings. The molecule has 0 radical (unpaired) electrons. The first kappa shape index (κ1) is 12.3. The van der Waals surface area contributed by atoms with E-state index < -0.39 is 15.9 Å². The first-order valence-corrected chi connectivity index (χ1v) is 6.69. The molecule has 5 nitrogen and oxygen atoms in total. The molecule has 0 atom stereocenters. The number of amides is 1. The van der Waals surface area contributed by atoms with Crippen molar-refractivity contribution in [3.8, 4) is 0 Å². The first-order chi connectivity index (χ1) is 6.94. The van der Waals surface area contributed by atoms with Crippen molar-refractivity contribution >= 4 is 31.9 Å². The average Bonchev–Trinajstić information content (AvgIpc) is 2.50. The number of carbonyl (C=O) groups is 1. The largest absolute Gasteiger partial charge is 0.444 e. The van der Waals surface area contributed by atoms with E-state index in [1.807, 2.05) is 4.72 Å². The number of hydrogen-bond acceptors (Lipinski definition) is 4. The van der Waals surface area contributed by atoms with E-state index in [1.54, 1.807) is 6.92 Å². The maximum absolute atomic E-state index is 11.3. The summed E-state index contributed by atoms with van der Waals surface area (Å²) in [4.78, 5) is 11.3. The maximum Gasteiger partial charge on any atom is 0.300 e. The van der Waals surface area contributed by atoms with E-state index in [9.17, 15) is 13.2 Å². The number of carbonyl (C=O) groups excluding carboxylic acids is 1. The van der Waals surface area contributed by atoms with Gasteiger partial charge >= 0.3 is 0 Å². The fraction of sp³-hybridized carbons (Fsp3) is 0.375. The third kappa shape index (κ3) is 3.67. The fourth-order valence-corrected chi connectivity index (χ4v) is 2.28. The van der Waals surface area contributed by atoms with Crippen LogP contribution < -0.4 is 4.72 Å². The number of furan rings is 1. The van der Waals surface area contributed by atoms with Gasteiger partial charge in [0.25, 0.3) is 5.91 Å². The van der Waals surface area contributed by atoms with Crippen LogP contribution in [0.3, 0.4) is 0 Å². The molecule has 15 heavy (non-hydrogen) atoms. The Morgan fingerprint density at radius 2 is 2.20 bits per heavy atom. The second-order valence-electron chi connectivity index (χ2n) is 2.85. The van der Waals surface area contributed by atoms with Gasteiger partial charge in [0.15, 0.2) is 10.4 Å². The van der Waals surface area contributed by atoms with E-state index in [-0.39, 0.29) is 11.5 Å². The minimum Gasteiger partial charge on any atom is -0.444 e. The topological polar surface area (TPSA) is 76.4 Å². The summed E-state index contributed by atoms with van der Waals surface area (Å²) >= 11 is 3.01. The lowest BCUT2D eigenvalue weighted by molar-refractivity contribution is 0.0953. The van der Waals surface area contributed by atoms with Gasteiger partial charge in [-0.05, 0) is 34.5 Å². The molecule has 0 aliphatic carbocycles. The number of nitrogens with one attached hydrogen (secondary N) is 1. The zero-order valence-corrected chi connectivity index (χ0v) is 10.4. The zero-order chi connectivity index (χ0) is 11.5. The van der Waals surface area contributed by atoms with Gasteiger partial charge in [-0.25, -0.2) is 13.1 Å². The maximum atomic E-state index is 11.3. The summed E-state index contributed by atoms with van der Waals surface area (Å²) < 4.78 is 29.7. The van der Waals surface area contributed by atoms with Crippen LogP contribution in [-0.4, -0.2) is 20.1 Å². The molecule has 0 aromatic carbocycles. The monoisotopic (exact) mass is 295 g/mol. The summed E-state index contributed by atoms with van der Waals surface area (Å²) in [6.45, 7) is 1.72. The lowest BCUT2D eigenvalue weighted by Crippen LogP contribution is -2.32. The van der Waals surface area contributed by atoms with Crippen molar-refractivity contribution in [3.05, 3.63) is 22.6 Å². The standard InChI is InChI=1S/C8H10BrNO4S/c1-2-5-15(12,13)10-8(11)6-3-4-7(9)14-6/h3-4H,2,5H2,1H3,(H,10,11). The van der Waals surface area contributed by atoms with Crippen molar-refractivity contribution in [1.82, 2.24) is 4.72 Å². The summed E-state index contributed by atoms with van der Waals surface area (Å²) in [5.74, 6) is -0.878. The highest BCUT2D eigenvalue weighted by atomic mass is 79.9. The van der Waals surface area contributed by atoms with Crippen LogP contribution in [0.2, 0.25) is 0 Å². The lowest BCUT2D eigenvalue weighted by Gasteiger charge is -2.02. The van der Waals surface area contributed by atoms with Gasteiger partial charge in [0.05, 0.1) is 5.75 Å². The Hall–Kier alpha value is -0.820. The van der Waals surface area contributed by atoms with Crippen LogP contribution in [0.5, 0.6) is 0 Å². The van der Waals surface area contributed by atoms with E-state index >= 15 is 0 Å². The molecule has 1 N–H and O–H groups in total. The van der Waals surface area contributed by atoms with Crippen LogP contribution in [-0.2, 0) is 10.0 Å². The van der Waals surface area contributed by atoms with Crippen LogP contribution >= 0.6 is 15.9 Å². The third-order valence-corrected chi connectivity index (χ3v) is 3.39. The highest BCUT2D eigenvalue weighted by molar-refractivity contribution is 9.10. The molecule has 1 aromatic rings. The van der Waals surface area contributed by atoms with Gasteiger partial charge in [0, 0.05) is 0 Å². The second kappa shape index (κ2) is 4.80. The van der Waals surface area contributed by atoms with Gasteiger partial charge in [0.1, 0.15) is 0 Å².